The van der Waals surface area contributed by atoms with Crippen molar-refractivity contribution < 1.29 is 23.9 Å². The number of nitrogens with zero attached hydrogens (tertiary/aromatic N) is 3. The molecule has 4 heterocycles. The summed E-state index contributed by atoms with van der Waals surface area (Å²) in [6, 6.07) is 11.5. The summed E-state index contributed by atoms with van der Waals surface area (Å²) in [5, 5.41) is 3.21. The molecular formula is C33H42N4O5. The van der Waals surface area contributed by atoms with Gasteiger partial charge in [0.2, 0.25) is 5.91 Å². The first-order valence-corrected chi connectivity index (χ1v) is 15.5. The lowest BCUT2D eigenvalue weighted by Gasteiger charge is -2.44. The number of nitrogens with one attached hydrogen (secondary N) is 1. The van der Waals surface area contributed by atoms with Crippen molar-refractivity contribution in [2.75, 3.05) is 45.3 Å². The molecule has 0 radical (unpaired) electrons. The van der Waals surface area contributed by atoms with Crippen molar-refractivity contribution in [3.05, 3.63) is 53.1 Å². The fourth-order valence-electron chi connectivity index (χ4n) is 7.54. The molecule has 9 nitrogen and oxygen atoms in total. The standard InChI is InChI=1S/C33H42N4O5/c1-41-27-17-16-24-29(30(27)42-2)33(40)37-26-14-6-5-12-23(26)32(39)36(31(24)37)20-8-3-4-15-28(38)34-21-22-11-10-19-35-18-9-7-13-25(22)35/h5-6,12,14,16-17,22,25,31H,3-4,7-11,13,15,18-21H2,1-2H3,(H,34,38). The largest absolute Gasteiger partial charge is 0.493 e. The molecule has 2 aromatic carbocycles. The van der Waals surface area contributed by atoms with Crippen molar-refractivity contribution >= 4 is 23.4 Å². The van der Waals surface area contributed by atoms with Gasteiger partial charge in [0.05, 0.1) is 31.0 Å². The summed E-state index contributed by atoms with van der Waals surface area (Å²) in [5.74, 6) is 1.25. The fraction of sp³-hybridized carbons (Fsp3) is 0.545. The lowest BCUT2D eigenvalue weighted by atomic mass is 9.83. The van der Waals surface area contributed by atoms with E-state index in [4.69, 9.17) is 9.47 Å². The van der Waals surface area contributed by atoms with Crippen LogP contribution in [0.1, 0.15) is 90.2 Å². The van der Waals surface area contributed by atoms with E-state index in [1.54, 1.807) is 29.0 Å². The number of fused-ring (bicyclic) bond motifs is 6. The van der Waals surface area contributed by atoms with Gasteiger partial charge < -0.3 is 24.6 Å². The van der Waals surface area contributed by atoms with Crippen LogP contribution in [-0.2, 0) is 4.79 Å². The Labute approximate surface area is 248 Å². The Bertz CT molecular complexity index is 1340. The monoisotopic (exact) mass is 574 g/mol. The van der Waals surface area contributed by atoms with Crippen LogP contribution >= 0.6 is 0 Å². The highest BCUT2D eigenvalue weighted by Crippen LogP contribution is 2.49. The summed E-state index contributed by atoms with van der Waals surface area (Å²) < 4.78 is 11.1. The van der Waals surface area contributed by atoms with Crippen LogP contribution in [0.2, 0.25) is 0 Å². The zero-order valence-corrected chi connectivity index (χ0v) is 24.8. The first-order valence-electron chi connectivity index (χ1n) is 15.5. The third kappa shape index (κ3) is 5.12. The molecule has 0 spiro atoms. The van der Waals surface area contributed by atoms with E-state index in [2.05, 4.69) is 10.2 Å². The van der Waals surface area contributed by atoms with E-state index in [1.165, 1.54) is 52.3 Å². The highest BCUT2D eigenvalue weighted by atomic mass is 16.5. The second-order valence-corrected chi connectivity index (χ2v) is 11.9. The number of benzene rings is 2. The van der Waals surface area contributed by atoms with Gasteiger partial charge >= 0.3 is 0 Å². The molecule has 6 rings (SSSR count). The molecule has 224 valence electrons. The van der Waals surface area contributed by atoms with Gasteiger partial charge in [-0.3, -0.25) is 19.3 Å². The van der Waals surface area contributed by atoms with Crippen LogP contribution in [-0.4, -0.2) is 74.0 Å². The van der Waals surface area contributed by atoms with Gasteiger partial charge in [-0.25, -0.2) is 0 Å². The van der Waals surface area contributed by atoms with E-state index in [9.17, 15) is 14.4 Å². The summed E-state index contributed by atoms with van der Waals surface area (Å²) in [5.41, 5.74) is 2.29. The van der Waals surface area contributed by atoms with Gasteiger partial charge in [-0.15, -0.1) is 0 Å². The van der Waals surface area contributed by atoms with E-state index in [-0.39, 0.29) is 17.7 Å². The molecular weight excluding hydrogens is 532 g/mol. The van der Waals surface area contributed by atoms with Crippen LogP contribution in [0.4, 0.5) is 5.69 Å². The topological polar surface area (TPSA) is 91.4 Å². The Morgan fingerprint density at radius 3 is 2.60 bits per heavy atom. The molecule has 1 N–H and O–H groups in total. The lowest BCUT2D eigenvalue weighted by Crippen LogP contribution is -2.50. The summed E-state index contributed by atoms with van der Waals surface area (Å²) in [6.45, 7) is 3.68. The van der Waals surface area contributed by atoms with Crippen molar-refractivity contribution in [1.82, 2.24) is 15.1 Å². The van der Waals surface area contributed by atoms with Gasteiger partial charge in [0.25, 0.3) is 11.8 Å². The van der Waals surface area contributed by atoms with Crippen molar-refractivity contribution in [2.45, 2.75) is 70.0 Å². The van der Waals surface area contributed by atoms with E-state index in [0.29, 0.717) is 53.2 Å². The lowest BCUT2D eigenvalue weighted by molar-refractivity contribution is -0.121. The number of piperidine rings is 2. The second-order valence-electron chi connectivity index (χ2n) is 11.9. The zero-order chi connectivity index (χ0) is 29.2. The van der Waals surface area contributed by atoms with Crippen LogP contribution in [0, 0.1) is 5.92 Å². The number of rotatable bonds is 10. The Morgan fingerprint density at radius 1 is 0.929 bits per heavy atom. The van der Waals surface area contributed by atoms with Crippen molar-refractivity contribution in [1.29, 1.82) is 0 Å². The Balaban J connectivity index is 1.08. The average molecular weight is 575 g/mol. The average Bonchev–Trinajstić information content (AvgIpc) is 3.32. The smallest absolute Gasteiger partial charge is 0.264 e. The summed E-state index contributed by atoms with van der Waals surface area (Å²) in [6.07, 6.45) is 8.56. The number of ether oxygens (including phenoxy) is 2. The first-order chi connectivity index (χ1) is 20.5. The van der Waals surface area contributed by atoms with Crippen molar-refractivity contribution in [3.8, 4) is 11.5 Å². The number of methoxy groups -OCH3 is 2. The van der Waals surface area contributed by atoms with Crippen LogP contribution in [0.5, 0.6) is 11.5 Å². The number of carbonyl (C=O) groups is 3. The highest BCUT2D eigenvalue weighted by Gasteiger charge is 2.49. The molecule has 0 aromatic heterocycles. The number of hydrogen-bond acceptors (Lipinski definition) is 6. The number of hydrogen-bond donors (Lipinski definition) is 1. The predicted molar refractivity (Wildman–Crippen MR) is 160 cm³/mol. The Hall–Kier alpha value is -3.59. The number of amides is 3. The van der Waals surface area contributed by atoms with E-state index in [1.807, 2.05) is 24.3 Å². The molecule has 9 heteroatoms. The minimum Gasteiger partial charge on any atom is -0.493 e. The molecule has 0 bridgehead atoms. The van der Waals surface area contributed by atoms with Gasteiger partial charge in [0, 0.05) is 31.1 Å². The second kappa shape index (κ2) is 12.3. The summed E-state index contributed by atoms with van der Waals surface area (Å²) >= 11 is 0. The van der Waals surface area contributed by atoms with Crippen molar-refractivity contribution in [2.24, 2.45) is 5.92 Å². The Kier molecular flexibility index (Phi) is 8.38. The van der Waals surface area contributed by atoms with Crippen molar-refractivity contribution in [3.63, 3.8) is 0 Å². The fourth-order valence-corrected chi connectivity index (χ4v) is 7.54. The third-order valence-corrected chi connectivity index (χ3v) is 9.58. The molecule has 2 aromatic rings. The van der Waals surface area contributed by atoms with E-state index >= 15 is 0 Å². The number of para-hydroxylation sites is 1. The van der Waals surface area contributed by atoms with Gasteiger partial charge in [0.1, 0.15) is 6.17 Å². The molecule has 2 saturated heterocycles. The molecule has 42 heavy (non-hydrogen) atoms. The van der Waals surface area contributed by atoms with Crippen LogP contribution < -0.4 is 19.7 Å². The van der Waals surface area contributed by atoms with Gasteiger partial charge in [0.15, 0.2) is 11.5 Å². The van der Waals surface area contributed by atoms with Gasteiger partial charge in [-0.1, -0.05) is 31.0 Å². The van der Waals surface area contributed by atoms with Gasteiger partial charge in [-0.2, -0.15) is 0 Å². The molecule has 3 atom stereocenters. The number of anilines is 1. The Morgan fingerprint density at radius 2 is 1.76 bits per heavy atom. The minimum absolute atomic E-state index is 0.0933. The summed E-state index contributed by atoms with van der Waals surface area (Å²) in [4.78, 5) is 46.3. The summed E-state index contributed by atoms with van der Waals surface area (Å²) in [7, 11) is 3.07. The number of unbranched alkanes of at least 4 members (excludes halogenated alkanes) is 2. The van der Waals surface area contributed by atoms with E-state index in [0.717, 1.165) is 31.4 Å². The van der Waals surface area contributed by atoms with Crippen LogP contribution in [0.3, 0.4) is 0 Å². The predicted octanol–water partition coefficient (Wildman–Crippen LogP) is 4.76. The normalized spacial score (nSPS) is 23.1. The highest BCUT2D eigenvalue weighted by molar-refractivity contribution is 6.18. The molecule has 0 aliphatic carbocycles. The molecule has 3 unspecified atom stereocenters. The maximum Gasteiger partial charge on any atom is 0.264 e. The number of carbonyl (C=O) groups excluding carboxylic acids is 3. The zero-order valence-electron chi connectivity index (χ0n) is 24.8. The maximum absolute atomic E-state index is 13.8. The molecule has 4 aliphatic heterocycles. The first kappa shape index (κ1) is 28.5. The SMILES string of the molecule is COc1ccc2c(c1OC)C(=O)N1c3ccccc3C(=O)N(CCCCCC(=O)NCC3CCCN4CCCCC34)C21. The van der Waals surface area contributed by atoms with Gasteiger partial charge in [-0.05, 0) is 75.7 Å². The molecule has 3 amide bonds. The quantitative estimate of drug-likeness (QED) is 0.412. The molecule has 2 fully saturated rings. The minimum atomic E-state index is -0.548. The third-order valence-electron chi connectivity index (χ3n) is 9.58. The van der Waals surface area contributed by atoms with E-state index < -0.39 is 6.17 Å². The van der Waals surface area contributed by atoms with Crippen LogP contribution in [0.15, 0.2) is 36.4 Å². The van der Waals surface area contributed by atoms with Crippen LogP contribution in [0.25, 0.3) is 0 Å². The molecule has 0 saturated carbocycles. The molecule has 4 aliphatic rings. The maximum atomic E-state index is 13.8.